The number of ether oxygens (including phenoxy) is 2. The van der Waals surface area contributed by atoms with Crippen LogP contribution in [0.25, 0.3) is 17.3 Å². The van der Waals surface area contributed by atoms with Crippen LogP contribution in [0.4, 0.5) is 13.2 Å². The van der Waals surface area contributed by atoms with Gasteiger partial charge in [0.25, 0.3) is 5.91 Å². The summed E-state index contributed by atoms with van der Waals surface area (Å²) in [7, 11) is 0. The number of hydrogen-bond acceptors (Lipinski definition) is 9. The number of aliphatic imine (C=N–C) groups is 2. The number of benzene rings is 1. The summed E-state index contributed by atoms with van der Waals surface area (Å²) in [6, 6.07) is 7.48. The molecule has 1 aromatic rings. The van der Waals surface area contributed by atoms with Crippen LogP contribution in [0.5, 0.6) is 0 Å². The Bertz CT molecular complexity index is 1710. The van der Waals surface area contributed by atoms with Crippen LogP contribution in [0, 0.1) is 11.3 Å². The Hall–Kier alpha value is -3.78. The average Bonchev–Trinajstić information content (AvgIpc) is 3.54. The third-order valence-corrected chi connectivity index (χ3v) is 10.8. The van der Waals surface area contributed by atoms with E-state index in [0.29, 0.717) is 38.3 Å². The standard InChI is InChI=1S/C28H31F2IN4O2.C7H11FN2O.C2H3N.C2H6/c1-4-19-15-21(29)10-9-20-7-5-8-22(23(19)20)26(32-3)24(30)25-18(2)31-34-27(33-25)37-17-28-11-6-12-35(28)13-14-36-16-28;1-6(8)7(11)10-4-2-9-3-5-10;1-2-3;1-2/h5,7-10,15,21H,3-4,6,11-14,16-17H2,1-2H3;9H,1-5H2;1H3;1-2H3/b26-24+;;;. The molecule has 14 heteroatoms. The first-order valence-electron chi connectivity index (χ1n) is 17.9. The van der Waals surface area contributed by atoms with E-state index in [2.05, 4.69) is 36.6 Å². The summed E-state index contributed by atoms with van der Waals surface area (Å²) in [6.45, 7) is 22.2. The molecule has 1 amide bonds. The molecule has 1 aliphatic carbocycles. The minimum absolute atomic E-state index is 0.0894. The number of allylic oxidation sites excluding steroid dienone is 5. The molecule has 5 aliphatic rings. The third kappa shape index (κ3) is 11.4. The average molecular weight is 850 g/mol. The zero-order valence-electron chi connectivity index (χ0n) is 31.4. The summed E-state index contributed by atoms with van der Waals surface area (Å²) in [5.74, 6) is -2.02. The van der Waals surface area contributed by atoms with Gasteiger partial charge in [-0.25, -0.2) is 13.2 Å². The van der Waals surface area contributed by atoms with Crippen LogP contribution in [-0.4, -0.2) is 99.2 Å². The molecule has 1 N–H and O–H groups in total. The number of hydrogen-bond donors (Lipinski definition) is 1. The Labute approximate surface area is 322 Å². The second kappa shape index (κ2) is 21.8. The number of amidine groups is 1. The Morgan fingerprint density at radius 1 is 1.25 bits per heavy atom. The van der Waals surface area contributed by atoms with Gasteiger partial charge in [0.15, 0.2) is 11.7 Å². The van der Waals surface area contributed by atoms with Crippen molar-refractivity contribution in [3.8, 4) is 6.07 Å². The van der Waals surface area contributed by atoms with Gasteiger partial charge in [-0.1, -0.05) is 51.6 Å². The molecule has 3 fully saturated rings. The van der Waals surface area contributed by atoms with Gasteiger partial charge in [-0.2, -0.15) is 13.4 Å². The predicted octanol–water partition coefficient (Wildman–Crippen LogP) is 8.28. The normalized spacial score (nSPS) is 22.4. The number of morpholine rings is 1. The number of nitriles is 1. The summed E-state index contributed by atoms with van der Waals surface area (Å²) in [5.41, 5.74) is 3.08. The number of rotatable bonds is 7. The largest absolute Gasteiger partial charge is 0.461 e. The van der Waals surface area contributed by atoms with Crippen molar-refractivity contribution in [3.63, 3.8) is 0 Å². The highest BCUT2D eigenvalue weighted by Crippen LogP contribution is 2.40. The number of nitrogens with zero attached hydrogens (tertiary/aromatic N) is 6. The molecule has 3 saturated heterocycles. The lowest BCUT2D eigenvalue weighted by molar-refractivity contribution is -0.129. The third-order valence-electron chi connectivity index (χ3n) is 8.95. The second-order valence-electron chi connectivity index (χ2n) is 12.2. The van der Waals surface area contributed by atoms with Crippen LogP contribution < -0.4 is 5.32 Å². The van der Waals surface area contributed by atoms with Gasteiger partial charge in [0.1, 0.15) is 24.2 Å². The van der Waals surface area contributed by atoms with Crippen LogP contribution in [0.1, 0.15) is 70.6 Å². The van der Waals surface area contributed by atoms with Gasteiger partial charge in [-0.3, -0.25) is 14.7 Å². The maximum atomic E-state index is 16.2. The van der Waals surface area contributed by atoms with E-state index in [1.54, 1.807) is 24.3 Å². The Kier molecular flexibility index (Phi) is 17.9. The van der Waals surface area contributed by atoms with Gasteiger partial charge in [0.2, 0.25) is 0 Å². The smallest absolute Gasteiger partial charge is 0.322 e. The van der Waals surface area contributed by atoms with Crippen molar-refractivity contribution < 1.29 is 27.4 Å². The molecule has 10 nitrogen and oxygen atoms in total. The highest BCUT2D eigenvalue weighted by molar-refractivity contribution is 14.2. The first kappa shape index (κ1) is 43.6. The van der Waals surface area contributed by atoms with Crippen molar-refractivity contribution in [3.05, 3.63) is 74.6 Å². The molecule has 0 bridgehead atoms. The van der Waals surface area contributed by atoms with E-state index < -0.39 is 44.8 Å². The zero-order chi connectivity index (χ0) is 39.0. The Morgan fingerprint density at radius 2 is 1.96 bits per heavy atom. The van der Waals surface area contributed by atoms with Crippen molar-refractivity contribution >= 4 is 57.0 Å². The minimum Gasteiger partial charge on any atom is -0.461 e. The number of nitrogens with one attached hydrogen (secondary N) is 1. The number of piperazine rings is 1. The first-order chi connectivity index (χ1) is 25.6. The lowest BCUT2D eigenvalue weighted by atomic mass is 9.91. The fraction of sp³-hybridized carbons (Fsp3) is 0.487. The molecule has 6 rings (SSSR count). The van der Waals surface area contributed by atoms with Crippen LogP contribution in [0.3, 0.4) is 0 Å². The van der Waals surface area contributed by atoms with Gasteiger partial charge < -0.3 is 19.7 Å². The van der Waals surface area contributed by atoms with Crippen molar-refractivity contribution in [2.24, 2.45) is 13.1 Å². The molecule has 288 valence electrons. The maximum absolute atomic E-state index is 16.2. The zero-order valence-corrected chi connectivity index (χ0v) is 33.5. The van der Waals surface area contributed by atoms with Gasteiger partial charge in [0.05, 0.1) is 24.8 Å². The van der Waals surface area contributed by atoms with Crippen molar-refractivity contribution in [2.45, 2.75) is 65.6 Å². The van der Waals surface area contributed by atoms with Gasteiger partial charge in [-0.15, -0.1) is 0 Å². The van der Waals surface area contributed by atoms with Crippen molar-refractivity contribution in [2.75, 3.05) is 59.1 Å². The maximum Gasteiger partial charge on any atom is 0.322 e. The number of carbonyl (C=O) groups is 1. The van der Waals surface area contributed by atoms with Crippen LogP contribution in [0.2, 0.25) is 0 Å². The quantitative estimate of drug-likeness (QED) is 0.168. The molecule has 0 saturated carbocycles. The summed E-state index contributed by atoms with van der Waals surface area (Å²) < 4.78 is 60.0. The lowest BCUT2D eigenvalue weighted by Crippen LogP contribution is -2.56. The molecule has 4 heterocycles. The fourth-order valence-corrected chi connectivity index (χ4v) is 7.85. The van der Waals surface area contributed by atoms with E-state index in [1.165, 1.54) is 17.9 Å². The number of amides is 1. The van der Waals surface area contributed by atoms with E-state index in [1.807, 2.05) is 39.8 Å². The monoisotopic (exact) mass is 849 g/mol. The van der Waals surface area contributed by atoms with E-state index in [-0.39, 0.29) is 23.0 Å². The first-order valence-corrected chi connectivity index (χ1v) is 19.9. The Morgan fingerprint density at radius 3 is 2.62 bits per heavy atom. The molecule has 0 spiro atoms. The number of fused-ring (bicyclic) bond motifs is 2. The topological polar surface area (TPSA) is 115 Å². The SMILES string of the molecule is C=C(F)C(=O)N1CCNCC1.C=N/C(=C(/F)C1=C(C)I=NC(OCC23CCCN2CCOC3)=N1)c1cccc2c1C(CC)=CC(F)C=C2.CC.CC#N. The molecular formula is C39H51F3IN7O3. The van der Waals surface area contributed by atoms with E-state index in [9.17, 15) is 13.6 Å². The predicted molar refractivity (Wildman–Crippen MR) is 215 cm³/mol. The van der Waals surface area contributed by atoms with Crippen LogP contribution in [-0.2, 0) is 14.3 Å². The molecule has 53 heavy (non-hydrogen) atoms. The van der Waals surface area contributed by atoms with Gasteiger partial charge in [0, 0.05) is 69.8 Å². The number of carbonyl (C=O) groups excluding carboxylic acids is 1. The molecule has 2 atom stereocenters. The van der Waals surface area contributed by atoms with Gasteiger partial charge in [-0.05, 0) is 68.3 Å². The molecular weight excluding hydrogens is 798 g/mol. The second-order valence-corrected chi connectivity index (χ2v) is 14.8. The minimum atomic E-state index is -1.20. The number of halogens is 4. The lowest BCUT2D eigenvalue weighted by Gasteiger charge is -2.41. The Balaban J connectivity index is 0.000000397. The van der Waals surface area contributed by atoms with Crippen LogP contribution in [0.15, 0.2) is 71.0 Å². The summed E-state index contributed by atoms with van der Waals surface area (Å²) >= 11 is -0.848. The summed E-state index contributed by atoms with van der Waals surface area (Å²) in [6.07, 6.45) is 6.31. The van der Waals surface area contributed by atoms with E-state index >= 15 is 4.39 Å². The fourth-order valence-electron chi connectivity index (χ4n) is 6.45. The molecule has 0 radical (unpaired) electrons. The molecule has 4 aliphatic heterocycles. The van der Waals surface area contributed by atoms with E-state index in [4.69, 9.17) is 14.7 Å². The molecule has 1 aromatic carbocycles. The van der Waals surface area contributed by atoms with Crippen molar-refractivity contribution in [1.29, 1.82) is 5.26 Å². The highest BCUT2D eigenvalue weighted by atomic mass is 127. The van der Waals surface area contributed by atoms with E-state index in [0.717, 1.165) is 65.9 Å². The summed E-state index contributed by atoms with van der Waals surface area (Å²) in [5, 5.41) is 10.4. The molecule has 0 aromatic heterocycles. The highest BCUT2D eigenvalue weighted by Gasteiger charge is 2.44. The van der Waals surface area contributed by atoms with Crippen LogP contribution >= 0.6 is 21.0 Å². The molecule has 2 unspecified atom stereocenters. The van der Waals surface area contributed by atoms with Gasteiger partial charge >= 0.3 is 6.02 Å². The number of alkyl halides is 1. The van der Waals surface area contributed by atoms with Crippen molar-refractivity contribution in [1.82, 2.24) is 15.1 Å². The summed E-state index contributed by atoms with van der Waals surface area (Å²) in [4.78, 5) is 23.4.